The zero-order chi connectivity index (χ0) is 18.1. The maximum Gasteiger partial charge on any atom is 0.277 e. The van der Waals surface area contributed by atoms with Gasteiger partial charge in [0.05, 0.1) is 17.7 Å². The lowest BCUT2D eigenvalue weighted by molar-refractivity contribution is -0.384. The van der Waals surface area contributed by atoms with Gasteiger partial charge in [-0.15, -0.1) is 0 Å². The van der Waals surface area contributed by atoms with E-state index in [4.69, 9.17) is 9.47 Å². The van der Waals surface area contributed by atoms with E-state index in [0.29, 0.717) is 23.7 Å². The van der Waals surface area contributed by atoms with Crippen LogP contribution in [-0.2, 0) is 4.79 Å². The number of nitro groups is 1. The molecule has 0 saturated heterocycles. The van der Waals surface area contributed by atoms with Crippen LogP contribution in [0.3, 0.4) is 0 Å². The van der Waals surface area contributed by atoms with Crippen molar-refractivity contribution < 1.29 is 19.2 Å². The van der Waals surface area contributed by atoms with Crippen molar-refractivity contribution in [1.29, 1.82) is 0 Å². The summed E-state index contributed by atoms with van der Waals surface area (Å²) in [6.07, 6.45) is 1.32. The maximum absolute atomic E-state index is 11.8. The van der Waals surface area contributed by atoms with Crippen LogP contribution in [0.15, 0.2) is 53.6 Å². The molecule has 0 heterocycles. The number of rotatable bonds is 8. The maximum atomic E-state index is 11.8. The number of hydrogen-bond acceptors (Lipinski definition) is 6. The lowest BCUT2D eigenvalue weighted by Crippen LogP contribution is -2.24. The highest BCUT2D eigenvalue weighted by Gasteiger charge is 2.07. The van der Waals surface area contributed by atoms with Gasteiger partial charge in [-0.05, 0) is 19.1 Å². The zero-order valence-corrected chi connectivity index (χ0v) is 13.5. The first-order valence-corrected chi connectivity index (χ1v) is 7.51. The highest BCUT2D eigenvalue weighted by atomic mass is 16.6. The Hall–Kier alpha value is -3.42. The highest BCUT2D eigenvalue weighted by Crippen LogP contribution is 2.26. The lowest BCUT2D eigenvalue weighted by atomic mass is 10.2. The first-order chi connectivity index (χ1) is 12.1. The first-order valence-electron chi connectivity index (χ1n) is 7.51. The van der Waals surface area contributed by atoms with Gasteiger partial charge >= 0.3 is 0 Å². The van der Waals surface area contributed by atoms with E-state index in [-0.39, 0.29) is 12.3 Å². The van der Waals surface area contributed by atoms with Gasteiger partial charge < -0.3 is 9.47 Å². The number of carbonyl (C=O) groups is 1. The van der Waals surface area contributed by atoms with E-state index < -0.39 is 10.8 Å². The van der Waals surface area contributed by atoms with Crippen LogP contribution in [0, 0.1) is 10.1 Å². The van der Waals surface area contributed by atoms with Crippen molar-refractivity contribution in [3.8, 4) is 11.5 Å². The zero-order valence-electron chi connectivity index (χ0n) is 13.5. The van der Waals surface area contributed by atoms with Gasteiger partial charge in [-0.25, -0.2) is 5.43 Å². The minimum Gasteiger partial charge on any atom is -0.490 e. The van der Waals surface area contributed by atoms with Gasteiger partial charge in [0, 0.05) is 17.7 Å². The second-order valence-corrected chi connectivity index (χ2v) is 4.81. The summed E-state index contributed by atoms with van der Waals surface area (Å²) >= 11 is 0. The van der Waals surface area contributed by atoms with Crippen LogP contribution in [0.1, 0.15) is 12.5 Å². The molecule has 0 aliphatic heterocycles. The van der Waals surface area contributed by atoms with Crippen molar-refractivity contribution >= 4 is 17.8 Å². The third-order valence-electron chi connectivity index (χ3n) is 2.99. The number of benzene rings is 2. The van der Waals surface area contributed by atoms with Gasteiger partial charge in [0.15, 0.2) is 18.1 Å². The predicted molar refractivity (Wildman–Crippen MR) is 91.9 cm³/mol. The average Bonchev–Trinajstić information content (AvgIpc) is 2.61. The molecule has 2 rings (SSSR count). The van der Waals surface area contributed by atoms with Crippen molar-refractivity contribution in [3.63, 3.8) is 0 Å². The highest BCUT2D eigenvalue weighted by molar-refractivity contribution is 5.83. The topological polar surface area (TPSA) is 103 Å². The Morgan fingerprint density at radius 3 is 2.60 bits per heavy atom. The van der Waals surface area contributed by atoms with Crippen LogP contribution in [-0.4, -0.2) is 30.3 Å². The molecule has 8 heteroatoms. The number of amides is 1. The summed E-state index contributed by atoms with van der Waals surface area (Å²) in [6, 6.07) is 12.9. The monoisotopic (exact) mass is 343 g/mol. The number of nitro benzene ring substituents is 1. The van der Waals surface area contributed by atoms with Gasteiger partial charge in [0.25, 0.3) is 11.6 Å². The smallest absolute Gasteiger partial charge is 0.277 e. The van der Waals surface area contributed by atoms with Crippen LogP contribution < -0.4 is 14.9 Å². The molecule has 0 aliphatic carbocycles. The van der Waals surface area contributed by atoms with Gasteiger partial charge in [-0.3, -0.25) is 14.9 Å². The molecule has 0 atom stereocenters. The molecular formula is C17H17N3O5. The number of nitrogens with zero attached hydrogens (tertiary/aromatic N) is 2. The molecule has 0 unspecified atom stereocenters. The largest absolute Gasteiger partial charge is 0.490 e. The summed E-state index contributed by atoms with van der Waals surface area (Å²) in [4.78, 5) is 21.9. The Balaban J connectivity index is 1.87. The van der Waals surface area contributed by atoms with Crippen molar-refractivity contribution in [2.45, 2.75) is 6.92 Å². The number of non-ortho nitro benzene ring substituents is 1. The third kappa shape index (κ3) is 5.61. The molecule has 2 aromatic carbocycles. The van der Waals surface area contributed by atoms with Crippen LogP contribution >= 0.6 is 0 Å². The summed E-state index contributed by atoms with van der Waals surface area (Å²) in [7, 11) is 0. The lowest BCUT2D eigenvalue weighted by Gasteiger charge is -2.10. The van der Waals surface area contributed by atoms with E-state index in [1.165, 1.54) is 24.4 Å². The Morgan fingerprint density at radius 1 is 1.20 bits per heavy atom. The molecular weight excluding hydrogens is 326 g/mol. The Morgan fingerprint density at radius 2 is 1.92 bits per heavy atom. The fourth-order valence-electron chi connectivity index (χ4n) is 1.92. The number of hydrogen-bond donors (Lipinski definition) is 1. The molecule has 1 amide bonds. The summed E-state index contributed by atoms with van der Waals surface area (Å²) in [5, 5.41) is 14.4. The number of hydrazone groups is 1. The fourth-order valence-corrected chi connectivity index (χ4v) is 1.92. The molecule has 0 aromatic heterocycles. The van der Waals surface area contributed by atoms with E-state index in [2.05, 4.69) is 10.5 Å². The SMILES string of the molecule is CCOc1ccccc1OCC(=O)NN=Cc1cccc([N+](=O)[O-])c1. The predicted octanol–water partition coefficient (Wildman–Crippen LogP) is 2.52. The van der Waals surface area contributed by atoms with Crippen molar-refractivity contribution in [2.75, 3.05) is 13.2 Å². The second-order valence-electron chi connectivity index (χ2n) is 4.81. The number of nitrogens with one attached hydrogen (secondary N) is 1. The van der Waals surface area contributed by atoms with E-state index in [1.54, 1.807) is 30.3 Å². The summed E-state index contributed by atoms with van der Waals surface area (Å²) in [5.41, 5.74) is 2.74. The van der Waals surface area contributed by atoms with Gasteiger partial charge in [0.1, 0.15) is 0 Å². The fraction of sp³-hybridized carbons (Fsp3) is 0.176. The summed E-state index contributed by atoms with van der Waals surface area (Å²) in [6.45, 7) is 2.10. The van der Waals surface area contributed by atoms with E-state index in [0.717, 1.165) is 0 Å². The molecule has 130 valence electrons. The Bertz CT molecular complexity index is 776. The van der Waals surface area contributed by atoms with Crippen molar-refractivity contribution in [2.24, 2.45) is 5.10 Å². The van der Waals surface area contributed by atoms with Crippen molar-refractivity contribution in [3.05, 3.63) is 64.2 Å². The molecule has 25 heavy (non-hydrogen) atoms. The van der Waals surface area contributed by atoms with Crippen LogP contribution in [0.25, 0.3) is 0 Å². The van der Waals surface area contributed by atoms with E-state index in [9.17, 15) is 14.9 Å². The molecule has 8 nitrogen and oxygen atoms in total. The summed E-state index contributed by atoms with van der Waals surface area (Å²) in [5.74, 6) is 0.549. The average molecular weight is 343 g/mol. The molecule has 0 spiro atoms. The molecule has 1 N–H and O–H groups in total. The molecule has 0 saturated carbocycles. The minimum absolute atomic E-state index is 0.0499. The van der Waals surface area contributed by atoms with Crippen LogP contribution in [0.5, 0.6) is 11.5 Å². The molecule has 0 aliphatic rings. The first kappa shape index (κ1) is 17.9. The van der Waals surface area contributed by atoms with Gasteiger partial charge in [-0.2, -0.15) is 5.10 Å². The van der Waals surface area contributed by atoms with Gasteiger partial charge in [-0.1, -0.05) is 24.3 Å². The molecule has 0 radical (unpaired) electrons. The second kappa shape index (κ2) is 9.02. The minimum atomic E-state index is -0.500. The Kier molecular flexibility index (Phi) is 6.47. The molecule has 0 bridgehead atoms. The number of ether oxygens (including phenoxy) is 2. The van der Waals surface area contributed by atoms with Gasteiger partial charge in [0.2, 0.25) is 0 Å². The molecule has 2 aromatic rings. The quantitative estimate of drug-likeness (QED) is 0.451. The Labute approximate surface area is 144 Å². The van der Waals surface area contributed by atoms with Crippen LogP contribution in [0.2, 0.25) is 0 Å². The van der Waals surface area contributed by atoms with E-state index in [1.807, 2.05) is 6.92 Å². The standard InChI is InChI=1S/C17H17N3O5/c1-2-24-15-8-3-4-9-16(15)25-12-17(21)19-18-11-13-6-5-7-14(10-13)20(22)23/h3-11H,2,12H2,1H3,(H,19,21). The van der Waals surface area contributed by atoms with Crippen LogP contribution in [0.4, 0.5) is 5.69 Å². The number of para-hydroxylation sites is 2. The van der Waals surface area contributed by atoms with Crippen molar-refractivity contribution in [1.82, 2.24) is 5.43 Å². The number of carbonyl (C=O) groups excluding carboxylic acids is 1. The normalized spacial score (nSPS) is 10.4. The van der Waals surface area contributed by atoms with E-state index >= 15 is 0 Å². The summed E-state index contributed by atoms with van der Waals surface area (Å²) < 4.78 is 10.8. The third-order valence-corrected chi connectivity index (χ3v) is 2.99. The molecule has 0 fully saturated rings.